The number of hydrogen-bond acceptors (Lipinski definition) is 4. The highest BCUT2D eigenvalue weighted by Crippen LogP contribution is 2.33. The van der Waals surface area contributed by atoms with Gasteiger partial charge in [0.1, 0.15) is 12.1 Å². The summed E-state index contributed by atoms with van der Waals surface area (Å²) in [4.78, 5) is 8.26. The van der Waals surface area contributed by atoms with Crippen molar-refractivity contribution in [1.29, 1.82) is 0 Å². The molecule has 3 rings (SSSR count). The predicted octanol–water partition coefficient (Wildman–Crippen LogP) is 3.60. The molecule has 0 amide bonds. The lowest BCUT2D eigenvalue weighted by Crippen LogP contribution is -2.39. The van der Waals surface area contributed by atoms with Gasteiger partial charge in [0.05, 0.1) is 23.8 Å². The molecule has 0 saturated heterocycles. The van der Waals surface area contributed by atoms with Crippen LogP contribution in [0.4, 0.5) is 0 Å². The summed E-state index contributed by atoms with van der Waals surface area (Å²) in [6.07, 6.45) is 5.95. The second kappa shape index (κ2) is 5.60. The van der Waals surface area contributed by atoms with E-state index in [4.69, 9.17) is 9.47 Å². The Labute approximate surface area is 125 Å². The molecule has 2 aromatic rings. The molecule has 1 saturated carbocycles. The third-order valence-electron chi connectivity index (χ3n) is 3.68. The van der Waals surface area contributed by atoms with Gasteiger partial charge in [-0.05, 0) is 51.7 Å². The highest BCUT2D eigenvalue weighted by atomic mass is 16.5. The zero-order valence-corrected chi connectivity index (χ0v) is 12.9. The van der Waals surface area contributed by atoms with Gasteiger partial charge in [0.15, 0.2) is 0 Å². The van der Waals surface area contributed by atoms with Gasteiger partial charge in [0.25, 0.3) is 0 Å². The summed E-state index contributed by atoms with van der Waals surface area (Å²) in [6, 6.07) is 5.95. The maximum atomic E-state index is 5.94. The number of nitrogens with zero attached hydrogens (tertiary/aromatic N) is 2. The van der Waals surface area contributed by atoms with Crippen molar-refractivity contribution in [2.45, 2.75) is 45.3 Å². The van der Waals surface area contributed by atoms with Crippen LogP contribution in [0.3, 0.4) is 0 Å². The monoisotopic (exact) mass is 286 g/mol. The first-order valence-electron chi connectivity index (χ1n) is 7.50. The van der Waals surface area contributed by atoms with E-state index < -0.39 is 0 Å². The first kappa shape index (κ1) is 14.3. The maximum absolute atomic E-state index is 5.94. The number of benzene rings is 1. The molecule has 1 fully saturated rings. The second-order valence-corrected chi connectivity index (χ2v) is 6.74. The number of hydrogen-bond donors (Lipinski definition) is 0. The fraction of sp³-hybridized carbons (Fsp3) is 0.529. The SMILES string of the molecule is CC(C)(C)OC1CC(COc2ccc3cncnc3c2)C1. The Balaban J connectivity index is 1.49. The van der Waals surface area contributed by atoms with E-state index in [9.17, 15) is 0 Å². The topological polar surface area (TPSA) is 44.2 Å². The van der Waals surface area contributed by atoms with Gasteiger partial charge in [-0.15, -0.1) is 0 Å². The highest BCUT2D eigenvalue weighted by Gasteiger charge is 2.33. The van der Waals surface area contributed by atoms with Gasteiger partial charge in [-0.3, -0.25) is 0 Å². The van der Waals surface area contributed by atoms with Crippen molar-refractivity contribution in [3.63, 3.8) is 0 Å². The Morgan fingerprint density at radius 2 is 2.05 bits per heavy atom. The summed E-state index contributed by atoms with van der Waals surface area (Å²) >= 11 is 0. The van der Waals surface area contributed by atoms with E-state index in [2.05, 4.69) is 30.7 Å². The molecule has 21 heavy (non-hydrogen) atoms. The van der Waals surface area contributed by atoms with Crippen LogP contribution in [0.2, 0.25) is 0 Å². The van der Waals surface area contributed by atoms with Gasteiger partial charge < -0.3 is 9.47 Å². The fourth-order valence-corrected chi connectivity index (χ4v) is 2.66. The largest absolute Gasteiger partial charge is 0.493 e. The average molecular weight is 286 g/mol. The van der Waals surface area contributed by atoms with Crippen LogP contribution in [-0.2, 0) is 4.74 Å². The molecule has 1 aliphatic carbocycles. The van der Waals surface area contributed by atoms with Crippen LogP contribution in [0.5, 0.6) is 5.75 Å². The van der Waals surface area contributed by atoms with E-state index in [1.54, 1.807) is 6.33 Å². The van der Waals surface area contributed by atoms with Crippen molar-refractivity contribution in [2.75, 3.05) is 6.61 Å². The summed E-state index contributed by atoms with van der Waals surface area (Å²) in [7, 11) is 0. The van der Waals surface area contributed by atoms with Crippen LogP contribution < -0.4 is 4.74 Å². The Bertz CT molecular complexity index is 615. The van der Waals surface area contributed by atoms with Crippen LogP contribution in [-0.4, -0.2) is 28.3 Å². The van der Waals surface area contributed by atoms with Crippen molar-refractivity contribution >= 4 is 10.9 Å². The molecule has 0 radical (unpaired) electrons. The number of ether oxygens (including phenoxy) is 2. The Morgan fingerprint density at radius 1 is 1.24 bits per heavy atom. The molecule has 0 atom stereocenters. The van der Waals surface area contributed by atoms with Crippen molar-refractivity contribution in [1.82, 2.24) is 9.97 Å². The fourth-order valence-electron chi connectivity index (χ4n) is 2.66. The normalized spacial score (nSPS) is 22.0. The summed E-state index contributed by atoms with van der Waals surface area (Å²) in [6.45, 7) is 7.07. The third kappa shape index (κ3) is 3.70. The van der Waals surface area contributed by atoms with Gasteiger partial charge in [-0.1, -0.05) is 0 Å². The van der Waals surface area contributed by atoms with Gasteiger partial charge in [-0.25, -0.2) is 9.97 Å². The molecule has 0 unspecified atom stereocenters. The Hall–Kier alpha value is -1.68. The van der Waals surface area contributed by atoms with Crippen LogP contribution >= 0.6 is 0 Å². The van der Waals surface area contributed by atoms with E-state index in [1.165, 1.54) is 0 Å². The molecule has 0 spiro atoms. The number of fused-ring (bicyclic) bond motifs is 1. The van der Waals surface area contributed by atoms with E-state index in [1.807, 2.05) is 24.4 Å². The Morgan fingerprint density at radius 3 is 2.81 bits per heavy atom. The van der Waals surface area contributed by atoms with Gasteiger partial charge in [0.2, 0.25) is 0 Å². The molecule has 0 N–H and O–H groups in total. The van der Waals surface area contributed by atoms with E-state index >= 15 is 0 Å². The number of rotatable bonds is 4. The predicted molar refractivity (Wildman–Crippen MR) is 82.4 cm³/mol. The highest BCUT2D eigenvalue weighted by molar-refractivity contribution is 5.78. The molecule has 4 heteroatoms. The van der Waals surface area contributed by atoms with Crippen molar-refractivity contribution in [3.05, 3.63) is 30.7 Å². The molecule has 4 nitrogen and oxygen atoms in total. The molecular formula is C17H22N2O2. The molecular weight excluding hydrogens is 264 g/mol. The first-order chi connectivity index (χ1) is 9.99. The standard InChI is InChI=1S/C17H22N2O2/c1-17(2,3)21-15-6-12(7-15)10-20-14-5-4-13-9-18-11-19-16(13)8-14/h4-5,8-9,11-12,15H,6-7,10H2,1-3H3. The smallest absolute Gasteiger partial charge is 0.121 e. The zero-order valence-electron chi connectivity index (χ0n) is 12.9. The summed E-state index contributed by atoms with van der Waals surface area (Å²) in [5.74, 6) is 1.47. The van der Waals surface area contributed by atoms with E-state index in [0.29, 0.717) is 12.0 Å². The van der Waals surface area contributed by atoms with Crippen LogP contribution in [0.25, 0.3) is 10.9 Å². The molecule has 0 aliphatic heterocycles. The maximum Gasteiger partial charge on any atom is 0.121 e. The molecule has 112 valence electrons. The van der Waals surface area contributed by atoms with Crippen LogP contribution in [0.15, 0.2) is 30.7 Å². The summed E-state index contributed by atoms with van der Waals surface area (Å²) in [5.41, 5.74) is 0.874. The van der Waals surface area contributed by atoms with Gasteiger partial charge >= 0.3 is 0 Å². The average Bonchev–Trinajstić information content (AvgIpc) is 2.40. The van der Waals surface area contributed by atoms with Crippen molar-refractivity contribution in [2.24, 2.45) is 5.92 Å². The minimum atomic E-state index is -0.0471. The Kier molecular flexibility index (Phi) is 3.81. The van der Waals surface area contributed by atoms with Crippen molar-refractivity contribution < 1.29 is 9.47 Å². The van der Waals surface area contributed by atoms with Crippen LogP contribution in [0.1, 0.15) is 33.6 Å². The minimum Gasteiger partial charge on any atom is -0.493 e. The van der Waals surface area contributed by atoms with E-state index in [0.717, 1.165) is 36.1 Å². The zero-order chi connectivity index (χ0) is 14.9. The van der Waals surface area contributed by atoms with E-state index in [-0.39, 0.29) is 5.60 Å². The van der Waals surface area contributed by atoms with Crippen LogP contribution in [0, 0.1) is 5.92 Å². The summed E-state index contributed by atoms with van der Waals surface area (Å²) in [5, 5.41) is 1.03. The lowest BCUT2D eigenvalue weighted by Gasteiger charge is -2.39. The third-order valence-corrected chi connectivity index (χ3v) is 3.68. The van der Waals surface area contributed by atoms with Gasteiger partial charge in [-0.2, -0.15) is 0 Å². The first-order valence-corrected chi connectivity index (χ1v) is 7.50. The van der Waals surface area contributed by atoms with Crippen molar-refractivity contribution in [3.8, 4) is 5.75 Å². The summed E-state index contributed by atoms with van der Waals surface area (Å²) < 4.78 is 11.8. The molecule has 1 heterocycles. The lowest BCUT2D eigenvalue weighted by molar-refractivity contribution is -0.116. The number of aromatic nitrogens is 2. The molecule has 1 aromatic heterocycles. The van der Waals surface area contributed by atoms with Gasteiger partial charge in [0, 0.05) is 17.6 Å². The molecule has 1 aromatic carbocycles. The molecule has 1 aliphatic rings. The lowest BCUT2D eigenvalue weighted by atomic mass is 9.82. The minimum absolute atomic E-state index is 0.0471. The molecule has 0 bridgehead atoms. The quantitative estimate of drug-likeness (QED) is 0.861. The second-order valence-electron chi connectivity index (χ2n) is 6.74.